The molecule has 0 bridgehead atoms. The molecule has 1 aromatic carbocycles. The fourth-order valence-corrected chi connectivity index (χ4v) is 5.63. The second-order valence-corrected chi connectivity index (χ2v) is 10.1. The summed E-state index contributed by atoms with van der Waals surface area (Å²) in [5.74, 6) is 1.36. The number of rotatable bonds is 6. The minimum Gasteiger partial charge on any atom is -0.497 e. The van der Waals surface area contributed by atoms with Gasteiger partial charge in [0.15, 0.2) is 0 Å². The number of ether oxygens (including phenoxy) is 1. The van der Waals surface area contributed by atoms with Crippen molar-refractivity contribution in [2.24, 2.45) is 0 Å². The van der Waals surface area contributed by atoms with Gasteiger partial charge in [-0.15, -0.1) is 0 Å². The number of H-pyrrole nitrogens is 1. The summed E-state index contributed by atoms with van der Waals surface area (Å²) in [6, 6.07) is 7.56. The first kappa shape index (κ1) is 21.0. The van der Waals surface area contributed by atoms with Crippen LogP contribution in [-0.4, -0.2) is 53.5 Å². The van der Waals surface area contributed by atoms with Crippen molar-refractivity contribution in [2.75, 3.05) is 26.0 Å². The zero-order valence-corrected chi connectivity index (χ0v) is 18.2. The molecule has 0 aliphatic carbocycles. The van der Waals surface area contributed by atoms with Crippen LogP contribution in [0.5, 0.6) is 5.75 Å². The summed E-state index contributed by atoms with van der Waals surface area (Å²) >= 11 is 0. The standard InChI is InChI=1S/C21H28N4O4S/c1-3-30(27,28)25-11-4-5-19(25)20-22-18-10-12-24(14-17(18)21(26)23-20)13-15-6-8-16(29-2)9-7-15/h6-9,19H,3-5,10-14H2,1-2H3,(H,22,23,26)/t19-/m1/s1. The molecular formula is C21H28N4O4S. The first-order valence-corrected chi connectivity index (χ1v) is 12.0. The Hall–Kier alpha value is -2.23. The Morgan fingerprint density at radius 2 is 2.00 bits per heavy atom. The molecule has 1 saturated heterocycles. The van der Waals surface area contributed by atoms with E-state index in [4.69, 9.17) is 9.72 Å². The van der Waals surface area contributed by atoms with Gasteiger partial charge in [0.05, 0.1) is 30.2 Å². The van der Waals surface area contributed by atoms with Crippen LogP contribution in [0.4, 0.5) is 0 Å². The van der Waals surface area contributed by atoms with E-state index in [9.17, 15) is 13.2 Å². The minimum atomic E-state index is -3.32. The van der Waals surface area contributed by atoms with E-state index in [0.29, 0.717) is 37.3 Å². The fraction of sp³-hybridized carbons (Fsp3) is 0.524. The van der Waals surface area contributed by atoms with Gasteiger partial charge in [-0.05, 0) is 37.5 Å². The molecule has 0 radical (unpaired) electrons. The molecule has 162 valence electrons. The van der Waals surface area contributed by atoms with E-state index in [1.165, 1.54) is 4.31 Å². The predicted molar refractivity (Wildman–Crippen MR) is 114 cm³/mol. The number of hydrogen-bond donors (Lipinski definition) is 1. The molecule has 8 nitrogen and oxygen atoms in total. The Labute approximate surface area is 176 Å². The minimum absolute atomic E-state index is 0.0546. The van der Waals surface area contributed by atoms with Gasteiger partial charge in [0.1, 0.15) is 11.6 Å². The largest absolute Gasteiger partial charge is 0.497 e. The third kappa shape index (κ3) is 4.14. The molecule has 30 heavy (non-hydrogen) atoms. The van der Waals surface area contributed by atoms with E-state index >= 15 is 0 Å². The molecule has 4 rings (SSSR count). The summed E-state index contributed by atoms with van der Waals surface area (Å²) < 4.78 is 31.5. The molecule has 1 aromatic heterocycles. The van der Waals surface area contributed by atoms with Crippen molar-refractivity contribution in [1.29, 1.82) is 0 Å². The highest BCUT2D eigenvalue weighted by atomic mass is 32.2. The highest BCUT2D eigenvalue weighted by molar-refractivity contribution is 7.89. The number of nitrogens with zero attached hydrogens (tertiary/aromatic N) is 3. The molecular weight excluding hydrogens is 404 g/mol. The molecule has 2 aliphatic rings. The van der Waals surface area contributed by atoms with Crippen LogP contribution in [0.1, 0.15) is 48.5 Å². The van der Waals surface area contributed by atoms with Crippen LogP contribution in [0.25, 0.3) is 0 Å². The van der Waals surface area contributed by atoms with Crippen LogP contribution in [-0.2, 0) is 29.5 Å². The van der Waals surface area contributed by atoms with Crippen LogP contribution < -0.4 is 10.3 Å². The molecule has 0 saturated carbocycles. The summed E-state index contributed by atoms with van der Waals surface area (Å²) in [7, 11) is -1.68. The summed E-state index contributed by atoms with van der Waals surface area (Å²) in [5.41, 5.74) is 2.48. The van der Waals surface area contributed by atoms with E-state index in [-0.39, 0.29) is 17.4 Å². The van der Waals surface area contributed by atoms with Gasteiger partial charge in [-0.2, -0.15) is 4.31 Å². The third-order valence-electron chi connectivity index (χ3n) is 5.97. The highest BCUT2D eigenvalue weighted by Gasteiger charge is 2.36. The number of hydrogen-bond acceptors (Lipinski definition) is 6. The molecule has 0 amide bonds. The Bertz CT molecular complexity index is 1070. The van der Waals surface area contributed by atoms with Crippen molar-refractivity contribution < 1.29 is 13.2 Å². The average Bonchev–Trinajstić information content (AvgIpc) is 3.26. The molecule has 0 unspecified atom stereocenters. The highest BCUT2D eigenvalue weighted by Crippen LogP contribution is 2.32. The molecule has 1 fully saturated rings. The first-order valence-electron chi connectivity index (χ1n) is 10.4. The summed E-state index contributed by atoms with van der Waals surface area (Å²) in [6.45, 7) is 4.21. The van der Waals surface area contributed by atoms with Gasteiger partial charge in [-0.25, -0.2) is 13.4 Å². The van der Waals surface area contributed by atoms with E-state index in [1.807, 2.05) is 24.3 Å². The van der Waals surface area contributed by atoms with Gasteiger partial charge in [-0.1, -0.05) is 12.1 Å². The lowest BCUT2D eigenvalue weighted by Gasteiger charge is -2.29. The van der Waals surface area contributed by atoms with Crippen molar-refractivity contribution in [2.45, 2.75) is 45.3 Å². The van der Waals surface area contributed by atoms with E-state index < -0.39 is 10.0 Å². The Morgan fingerprint density at radius 1 is 1.23 bits per heavy atom. The number of sulfonamides is 1. The number of methoxy groups -OCH3 is 1. The van der Waals surface area contributed by atoms with Gasteiger partial charge in [-0.3, -0.25) is 9.69 Å². The maximum absolute atomic E-state index is 12.8. The lowest BCUT2D eigenvalue weighted by Crippen LogP contribution is -2.38. The summed E-state index contributed by atoms with van der Waals surface area (Å²) in [5, 5.41) is 0. The van der Waals surface area contributed by atoms with Gasteiger partial charge in [0.2, 0.25) is 10.0 Å². The molecule has 1 atom stereocenters. The lowest BCUT2D eigenvalue weighted by molar-refractivity contribution is 0.240. The number of fused-ring (bicyclic) bond motifs is 1. The van der Waals surface area contributed by atoms with Gasteiger partial charge >= 0.3 is 0 Å². The lowest BCUT2D eigenvalue weighted by atomic mass is 10.1. The van der Waals surface area contributed by atoms with Crippen LogP contribution in [0.3, 0.4) is 0 Å². The van der Waals surface area contributed by atoms with Crippen molar-refractivity contribution in [3.8, 4) is 5.75 Å². The quantitative estimate of drug-likeness (QED) is 0.748. The van der Waals surface area contributed by atoms with Crippen molar-refractivity contribution in [1.82, 2.24) is 19.2 Å². The topological polar surface area (TPSA) is 95.6 Å². The van der Waals surface area contributed by atoms with Gasteiger partial charge in [0.25, 0.3) is 5.56 Å². The first-order chi connectivity index (χ1) is 14.4. The molecule has 3 heterocycles. The zero-order valence-electron chi connectivity index (χ0n) is 17.4. The van der Waals surface area contributed by atoms with Crippen LogP contribution in [0.15, 0.2) is 29.1 Å². The smallest absolute Gasteiger partial charge is 0.255 e. The number of aromatic nitrogens is 2. The molecule has 2 aromatic rings. The Morgan fingerprint density at radius 3 is 2.70 bits per heavy atom. The monoisotopic (exact) mass is 432 g/mol. The molecule has 1 N–H and O–H groups in total. The summed E-state index contributed by atoms with van der Waals surface area (Å²) in [4.78, 5) is 22.7. The van der Waals surface area contributed by atoms with Crippen LogP contribution in [0, 0.1) is 0 Å². The SMILES string of the molecule is CCS(=O)(=O)N1CCC[C@@H]1c1nc2c(c(=O)[nH]1)CN(Cc1ccc(OC)cc1)CC2. The molecule has 9 heteroatoms. The van der Waals surface area contributed by atoms with Gasteiger partial charge < -0.3 is 9.72 Å². The van der Waals surface area contributed by atoms with Crippen LogP contribution in [0.2, 0.25) is 0 Å². The number of aromatic amines is 1. The Balaban J connectivity index is 1.53. The average molecular weight is 433 g/mol. The summed E-state index contributed by atoms with van der Waals surface area (Å²) in [6.07, 6.45) is 2.14. The fourth-order valence-electron chi connectivity index (χ4n) is 4.29. The normalized spacial score (nSPS) is 20.3. The van der Waals surface area contributed by atoms with Crippen molar-refractivity contribution in [3.05, 3.63) is 57.3 Å². The molecule has 2 aliphatic heterocycles. The maximum atomic E-state index is 12.8. The number of benzene rings is 1. The van der Waals surface area contributed by atoms with Crippen molar-refractivity contribution >= 4 is 10.0 Å². The Kier molecular flexibility index (Phi) is 5.95. The van der Waals surface area contributed by atoms with Crippen molar-refractivity contribution in [3.63, 3.8) is 0 Å². The zero-order chi connectivity index (χ0) is 21.3. The van der Waals surface area contributed by atoms with E-state index in [1.54, 1.807) is 14.0 Å². The molecule has 0 spiro atoms. The van der Waals surface area contributed by atoms with Gasteiger partial charge in [0, 0.05) is 32.6 Å². The number of nitrogens with one attached hydrogen (secondary N) is 1. The second kappa shape index (κ2) is 8.49. The second-order valence-electron chi connectivity index (χ2n) is 7.85. The predicted octanol–water partition coefficient (Wildman–Crippen LogP) is 1.82. The van der Waals surface area contributed by atoms with Crippen LogP contribution >= 0.6 is 0 Å². The third-order valence-corrected chi connectivity index (χ3v) is 7.85. The van der Waals surface area contributed by atoms with E-state index in [0.717, 1.165) is 36.5 Å². The maximum Gasteiger partial charge on any atom is 0.255 e. The van der Waals surface area contributed by atoms with E-state index in [2.05, 4.69) is 9.88 Å².